The Hall–Kier alpha value is -1.30. The van der Waals surface area contributed by atoms with Crippen molar-refractivity contribution in [3.05, 3.63) is 0 Å². The van der Waals surface area contributed by atoms with E-state index >= 15 is 0 Å². The maximum absolute atomic E-state index is 12.1. The molecule has 2 rings (SSSR count). The van der Waals surface area contributed by atoms with Gasteiger partial charge in [0.25, 0.3) is 0 Å². The second kappa shape index (κ2) is 8.15. The number of hydrogen-bond donors (Lipinski definition) is 4. The predicted octanol–water partition coefficient (Wildman–Crippen LogP) is -2.01. The smallest absolute Gasteiger partial charge is 0.357 e. The molecule has 150 valence electrons. The summed E-state index contributed by atoms with van der Waals surface area (Å²) in [6, 6.07) is 0. The Morgan fingerprint density at radius 2 is 1.19 bits per heavy atom. The molecule has 26 heavy (non-hydrogen) atoms. The molecule has 0 spiro atoms. The summed E-state index contributed by atoms with van der Waals surface area (Å²) in [7, 11) is 0. The molecule has 2 saturated heterocycles. The highest BCUT2D eigenvalue weighted by Crippen LogP contribution is 2.19. The highest BCUT2D eigenvalue weighted by atomic mass is 16.7. The van der Waals surface area contributed by atoms with E-state index in [1.165, 1.54) is 10.1 Å². The van der Waals surface area contributed by atoms with Crippen molar-refractivity contribution >= 4 is 11.9 Å². The SMILES string of the molecule is CC1(C)CNCCN1OC(=O)C(O)C(O)C(=O)ON1CCNCC1(C)C. The van der Waals surface area contributed by atoms with E-state index in [-0.39, 0.29) is 0 Å². The van der Waals surface area contributed by atoms with Gasteiger partial charge in [0.15, 0.2) is 12.2 Å². The zero-order valence-corrected chi connectivity index (χ0v) is 15.8. The van der Waals surface area contributed by atoms with E-state index < -0.39 is 35.2 Å². The van der Waals surface area contributed by atoms with Gasteiger partial charge in [-0.15, -0.1) is 10.1 Å². The molecule has 2 aliphatic heterocycles. The lowest BCUT2D eigenvalue weighted by Crippen LogP contribution is -2.60. The third kappa shape index (κ3) is 4.90. The van der Waals surface area contributed by atoms with Gasteiger partial charge in [0.2, 0.25) is 0 Å². The zero-order valence-electron chi connectivity index (χ0n) is 15.8. The molecule has 0 aromatic rings. The Morgan fingerprint density at radius 3 is 1.50 bits per heavy atom. The number of nitrogens with one attached hydrogen (secondary N) is 2. The maximum Gasteiger partial charge on any atom is 0.357 e. The molecule has 0 bridgehead atoms. The number of aliphatic hydroxyl groups is 2. The number of carbonyl (C=O) groups is 2. The van der Waals surface area contributed by atoms with Crippen molar-refractivity contribution in [2.24, 2.45) is 0 Å². The molecule has 0 aromatic carbocycles. The summed E-state index contributed by atoms with van der Waals surface area (Å²) in [5.41, 5.74) is -0.937. The van der Waals surface area contributed by atoms with Gasteiger partial charge >= 0.3 is 11.9 Å². The molecular formula is C16H30N4O6. The van der Waals surface area contributed by atoms with Gasteiger partial charge in [-0.05, 0) is 27.7 Å². The van der Waals surface area contributed by atoms with Gasteiger partial charge in [-0.3, -0.25) is 0 Å². The predicted molar refractivity (Wildman–Crippen MR) is 91.5 cm³/mol. The van der Waals surface area contributed by atoms with Crippen molar-refractivity contribution < 1.29 is 29.5 Å². The molecule has 2 unspecified atom stereocenters. The van der Waals surface area contributed by atoms with Crippen LogP contribution in [0.1, 0.15) is 27.7 Å². The van der Waals surface area contributed by atoms with Gasteiger partial charge in [0.1, 0.15) is 0 Å². The number of hydrogen-bond acceptors (Lipinski definition) is 10. The van der Waals surface area contributed by atoms with Crippen molar-refractivity contribution in [3.8, 4) is 0 Å². The molecule has 0 saturated carbocycles. The standard InChI is InChI=1S/C16H30N4O6/c1-15(2)9-17-5-7-19(15)25-13(23)11(21)12(22)14(24)26-20-8-6-18-10-16(20,3)4/h11-12,17-18,21-22H,5-10H2,1-4H3. The van der Waals surface area contributed by atoms with Gasteiger partial charge in [-0.2, -0.15) is 0 Å². The molecule has 2 aliphatic rings. The third-order valence-electron chi connectivity index (χ3n) is 4.63. The lowest BCUT2D eigenvalue weighted by atomic mass is 10.0. The monoisotopic (exact) mass is 374 g/mol. The van der Waals surface area contributed by atoms with Crippen LogP contribution in [0.25, 0.3) is 0 Å². The van der Waals surface area contributed by atoms with Crippen LogP contribution in [0.3, 0.4) is 0 Å². The summed E-state index contributed by atoms with van der Waals surface area (Å²) in [6.45, 7) is 10.8. The molecule has 0 amide bonds. The van der Waals surface area contributed by atoms with Crippen LogP contribution in [0.15, 0.2) is 0 Å². The molecule has 10 heteroatoms. The van der Waals surface area contributed by atoms with Crippen molar-refractivity contribution in [2.45, 2.75) is 51.0 Å². The fourth-order valence-corrected chi connectivity index (χ4v) is 2.85. The van der Waals surface area contributed by atoms with Crippen molar-refractivity contribution in [2.75, 3.05) is 39.3 Å². The summed E-state index contributed by atoms with van der Waals surface area (Å²) in [4.78, 5) is 34.6. The first-order valence-corrected chi connectivity index (χ1v) is 8.81. The molecular weight excluding hydrogens is 344 g/mol. The molecule has 0 radical (unpaired) electrons. The fraction of sp³-hybridized carbons (Fsp3) is 0.875. The van der Waals surface area contributed by atoms with Gasteiger partial charge < -0.3 is 30.5 Å². The number of rotatable bonds is 5. The zero-order chi connectivity index (χ0) is 19.5. The second-order valence-corrected chi connectivity index (χ2v) is 7.89. The quantitative estimate of drug-likeness (QED) is 0.429. The van der Waals surface area contributed by atoms with Crippen molar-refractivity contribution in [3.63, 3.8) is 0 Å². The van der Waals surface area contributed by atoms with E-state index in [9.17, 15) is 19.8 Å². The van der Waals surface area contributed by atoms with Crippen LogP contribution in [0.5, 0.6) is 0 Å². The van der Waals surface area contributed by atoms with Crippen molar-refractivity contribution in [1.82, 2.24) is 20.8 Å². The Morgan fingerprint density at radius 1 is 0.846 bits per heavy atom. The first-order valence-electron chi connectivity index (χ1n) is 8.81. The van der Waals surface area contributed by atoms with E-state index in [1.807, 2.05) is 27.7 Å². The molecule has 2 heterocycles. The van der Waals surface area contributed by atoms with Gasteiger partial charge in [-0.25, -0.2) is 9.59 Å². The van der Waals surface area contributed by atoms with Crippen LogP contribution in [0.4, 0.5) is 0 Å². The van der Waals surface area contributed by atoms with E-state index in [4.69, 9.17) is 9.68 Å². The van der Waals surface area contributed by atoms with Crippen LogP contribution in [0, 0.1) is 0 Å². The summed E-state index contributed by atoms with van der Waals surface area (Å²) < 4.78 is 0. The minimum Gasteiger partial charge on any atom is -0.379 e. The summed E-state index contributed by atoms with van der Waals surface area (Å²) in [6.07, 6.45) is -4.06. The summed E-state index contributed by atoms with van der Waals surface area (Å²) >= 11 is 0. The minimum atomic E-state index is -2.03. The van der Waals surface area contributed by atoms with Gasteiger partial charge in [0, 0.05) is 39.3 Å². The van der Waals surface area contributed by atoms with Crippen LogP contribution in [0.2, 0.25) is 0 Å². The Labute approximate surface area is 153 Å². The van der Waals surface area contributed by atoms with Crippen LogP contribution in [-0.4, -0.2) is 94.8 Å². The lowest BCUT2D eigenvalue weighted by molar-refractivity contribution is -0.244. The van der Waals surface area contributed by atoms with E-state index in [1.54, 1.807) is 0 Å². The minimum absolute atomic E-state index is 0.432. The number of piperazine rings is 2. The first kappa shape index (κ1) is 21.0. The Balaban J connectivity index is 1.91. The molecule has 10 nitrogen and oxygen atoms in total. The number of aliphatic hydroxyl groups excluding tert-OH is 2. The maximum atomic E-state index is 12.1. The van der Waals surface area contributed by atoms with Crippen LogP contribution < -0.4 is 10.6 Å². The number of carbonyl (C=O) groups excluding carboxylic acids is 2. The highest BCUT2D eigenvalue weighted by molar-refractivity contribution is 5.85. The van der Waals surface area contributed by atoms with Crippen LogP contribution in [-0.2, 0) is 19.3 Å². The third-order valence-corrected chi connectivity index (χ3v) is 4.63. The normalized spacial score (nSPS) is 25.9. The van der Waals surface area contributed by atoms with Crippen LogP contribution >= 0.6 is 0 Å². The average Bonchev–Trinajstić information content (AvgIpc) is 2.56. The number of hydroxylamine groups is 4. The fourth-order valence-electron chi connectivity index (χ4n) is 2.85. The highest BCUT2D eigenvalue weighted by Gasteiger charge is 2.40. The largest absolute Gasteiger partial charge is 0.379 e. The topological polar surface area (TPSA) is 124 Å². The van der Waals surface area contributed by atoms with E-state index in [0.717, 1.165) is 0 Å². The molecule has 0 aromatic heterocycles. The molecule has 2 fully saturated rings. The Bertz CT molecular complexity index is 481. The molecule has 4 N–H and O–H groups in total. The van der Waals surface area contributed by atoms with Gasteiger partial charge in [-0.1, -0.05) is 0 Å². The van der Waals surface area contributed by atoms with Crippen molar-refractivity contribution in [1.29, 1.82) is 0 Å². The average molecular weight is 374 g/mol. The second-order valence-electron chi connectivity index (χ2n) is 7.89. The summed E-state index contributed by atoms with van der Waals surface area (Å²) in [5, 5.41) is 29.3. The van der Waals surface area contributed by atoms with E-state index in [0.29, 0.717) is 39.3 Å². The molecule has 2 atom stereocenters. The summed E-state index contributed by atoms with van der Waals surface area (Å²) in [5.74, 6) is -2.19. The van der Waals surface area contributed by atoms with Gasteiger partial charge in [0.05, 0.1) is 11.1 Å². The Kier molecular flexibility index (Phi) is 6.59. The lowest BCUT2D eigenvalue weighted by Gasteiger charge is -2.41. The number of nitrogens with zero attached hydrogens (tertiary/aromatic N) is 2. The van der Waals surface area contributed by atoms with E-state index in [2.05, 4.69) is 10.6 Å². The molecule has 0 aliphatic carbocycles. The first-order chi connectivity index (χ1) is 12.0.